The molecule has 0 bridgehead atoms. The number of amides is 2. The Balaban J connectivity index is 1.67. The van der Waals surface area contributed by atoms with Crippen LogP contribution in [0.3, 0.4) is 0 Å². The highest BCUT2D eigenvalue weighted by Crippen LogP contribution is 2.27. The zero-order chi connectivity index (χ0) is 18.2. The summed E-state index contributed by atoms with van der Waals surface area (Å²) < 4.78 is 23.3. The van der Waals surface area contributed by atoms with E-state index in [1.165, 1.54) is 16.2 Å². The number of rotatable bonds is 3. The summed E-state index contributed by atoms with van der Waals surface area (Å²) in [6, 6.07) is -0.425. The minimum Gasteiger partial charge on any atom is -0.331 e. The van der Waals surface area contributed by atoms with Gasteiger partial charge in [-0.15, -0.1) is 11.3 Å². The van der Waals surface area contributed by atoms with E-state index in [0.717, 1.165) is 30.1 Å². The lowest BCUT2D eigenvalue weighted by Gasteiger charge is -2.25. The largest absolute Gasteiger partial charge is 0.331 e. The molecule has 138 valence electrons. The van der Waals surface area contributed by atoms with Gasteiger partial charge in [-0.05, 0) is 20.4 Å². The molecule has 0 radical (unpaired) electrons. The summed E-state index contributed by atoms with van der Waals surface area (Å²) in [4.78, 5) is 33.8. The van der Waals surface area contributed by atoms with Crippen LogP contribution in [-0.4, -0.2) is 72.7 Å². The number of anilines is 1. The van der Waals surface area contributed by atoms with Gasteiger partial charge in [0.15, 0.2) is 15.0 Å². The van der Waals surface area contributed by atoms with Crippen molar-refractivity contribution in [2.45, 2.75) is 32.4 Å². The number of likely N-dealkylation sites (N-methyl/N-ethyl adjacent to an activating group) is 2. The van der Waals surface area contributed by atoms with Crippen LogP contribution in [0.15, 0.2) is 0 Å². The van der Waals surface area contributed by atoms with Crippen molar-refractivity contribution in [3.05, 3.63) is 10.6 Å². The van der Waals surface area contributed by atoms with Crippen molar-refractivity contribution in [3.8, 4) is 0 Å². The quantitative estimate of drug-likeness (QED) is 0.740. The van der Waals surface area contributed by atoms with Crippen LogP contribution in [0.4, 0.5) is 5.13 Å². The van der Waals surface area contributed by atoms with Gasteiger partial charge in [0.2, 0.25) is 0 Å². The van der Waals surface area contributed by atoms with Crippen molar-refractivity contribution in [3.63, 3.8) is 0 Å². The number of nitrogens with one attached hydrogen (secondary N) is 1. The molecule has 0 aliphatic carbocycles. The summed E-state index contributed by atoms with van der Waals surface area (Å²) in [6.07, 6.45) is 1.21. The lowest BCUT2D eigenvalue weighted by Crippen LogP contribution is -2.46. The Morgan fingerprint density at radius 3 is 2.84 bits per heavy atom. The standard InChI is InChI=1S/C15H22N4O4S2/c1-3-19(10-5-7-25(22,23)9-10)14(21)13(20)17-15-16-11-4-6-18(2)8-12(11)24-15/h10H,3-9H2,1-2H3,(H,16,17,20). The third kappa shape index (κ3) is 4.01. The Bertz CT molecular complexity index is 789. The Labute approximate surface area is 151 Å². The van der Waals surface area contributed by atoms with Crippen LogP contribution in [0.5, 0.6) is 0 Å². The van der Waals surface area contributed by atoms with Crippen LogP contribution in [0.25, 0.3) is 0 Å². The van der Waals surface area contributed by atoms with Crippen LogP contribution in [0.1, 0.15) is 23.9 Å². The SMILES string of the molecule is CCN(C(=O)C(=O)Nc1nc2c(s1)CN(C)CC2)C1CCS(=O)(=O)C1. The number of aromatic nitrogens is 1. The Hall–Kier alpha value is -1.52. The van der Waals surface area contributed by atoms with Crippen LogP contribution in [0.2, 0.25) is 0 Å². The van der Waals surface area contributed by atoms with Crippen LogP contribution < -0.4 is 5.32 Å². The van der Waals surface area contributed by atoms with Crippen molar-refractivity contribution < 1.29 is 18.0 Å². The van der Waals surface area contributed by atoms with E-state index in [9.17, 15) is 18.0 Å². The molecule has 1 saturated heterocycles. The second-order valence-corrected chi connectivity index (χ2v) is 9.79. The fourth-order valence-electron chi connectivity index (χ4n) is 3.25. The molecule has 10 heteroatoms. The van der Waals surface area contributed by atoms with Gasteiger partial charge in [-0.1, -0.05) is 0 Å². The smallest absolute Gasteiger partial charge is 0.315 e. The second kappa shape index (κ2) is 7.00. The molecule has 0 saturated carbocycles. The fourth-order valence-corrected chi connectivity index (χ4v) is 6.06. The lowest BCUT2D eigenvalue weighted by atomic mass is 10.2. The maximum atomic E-state index is 12.5. The van der Waals surface area contributed by atoms with Crippen LogP contribution in [-0.2, 0) is 32.4 Å². The van der Waals surface area contributed by atoms with Gasteiger partial charge in [0, 0.05) is 37.0 Å². The van der Waals surface area contributed by atoms with Crippen molar-refractivity contribution in [1.29, 1.82) is 0 Å². The van der Waals surface area contributed by atoms with Gasteiger partial charge in [0.25, 0.3) is 0 Å². The first-order valence-corrected chi connectivity index (χ1v) is 10.9. The highest BCUT2D eigenvalue weighted by molar-refractivity contribution is 7.91. The average Bonchev–Trinajstić information content (AvgIpc) is 3.09. The Kier molecular flexibility index (Phi) is 5.12. The monoisotopic (exact) mass is 386 g/mol. The van der Waals surface area contributed by atoms with E-state index in [-0.39, 0.29) is 11.5 Å². The van der Waals surface area contributed by atoms with Gasteiger partial charge in [-0.25, -0.2) is 13.4 Å². The molecule has 1 atom stereocenters. The maximum absolute atomic E-state index is 12.5. The number of hydrogen-bond donors (Lipinski definition) is 1. The first-order valence-electron chi connectivity index (χ1n) is 8.28. The molecule has 2 aliphatic heterocycles. The van der Waals surface area contributed by atoms with E-state index in [2.05, 4.69) is 15.2 Å². The minimum absolute atomic E-state index is 0.0653. The number of carbonyl (C=O) groups excluding carboxylic acids is 2. The summed E-state index contributed by atoms with van der Waals surface area (Å²) in [5.74, 6) is -1.46. The predicted octanol–water partition coefficient (Wildman–Crippen LogP) is 0.105. The predicted molar refractivity (Wildman–Crippen MR) is 95.2 cm³/mol. The number of fused-ring (bicyclic) bond motifs is 1. The first kappa shape index (κ1) is 18.3. The van der Waals surface area contributed by atoms with E-state index in [4.69, 9.17) is 0 Å². The molecule has 1 aromatic rings. The molecule has 8 nitrogen and oxygen atoms in total. The number of sulfone groups is 1. The van der Waals surface area contributed by atoms with Gasteiger partial charge in [-0.2, -0.15) is 0 Å². The molecule has 3 heterocycles. The molecule has 1 N–H and O–H groups in total. The summed E-state index contributed by atoms with van der Waals surface area (Å²) in [7, 11) is -1.09. The molecule has 25 heavy (non-hydrogen) atoms. The summed E-state index contributed by atoms with van der Waals surface area (Å²) in [5.41, 5.74) is 0.972. The Morgan fingerprint density at radius 1 is 1.44 bits per heavy atom. The van der Waals surface area contributed by atoms with Crippen LogP contribution in [0, 0.1) is 0 Å². The van der Waals surface area contributed by atoms with Gasteiger partial charge in [0.1, 0.15) is 0 Å². The topological polar surface area (TPSA) is 99.7 Å². The third-order valence-corrected chi connectivity index (χ3v) is 7.34. The summed E-state index contributed by atoms with van der Waals surface area (Å²) >= 11 is 1.38. The summed E-state index contributed by atoms with van der Waals surface area (Å²) in [5, 5.41) is 3.01. The highest BCUT2D eigenvalue weighted by Gasteiger charge is 2.36. The van der Waals surface area contributed by atoms with E-state index >= 15 is 0 Å². The number of nitrogens with zero attached hydrogens (tertiary/aromatic N) is 3. The molecule has 0 aromatic carbocycles. The van der Waals surface area contributed by atoms with Crippen molar-refractivity contribution in [2.75, 3.05) is 37.0 Å². The molecular formula is C15H22N4O4S2. The second-order valence-electron chi connectivity index (χ2n) is 6.48. The molecule has 1 fully saturated rings. The highest BCUT2D eigenvalue weighted by atomic mass is 32.2. The van der Waals surface area contributed by atoms with E-state index in [0.29, 0.717) is 18.1 Å². The fraction of sp³-hybridized carbons (Fsp3) is 0.667. The molecule has 1 unspecified atom stereocenters. The molecule has 3 rings (SSSR count). The average molecular weight is 386 g/mol. The lowest BCUT2D eigenvalue weighted by molar-refractivity contribution is -0.144. The minimum atomic E-state index is -3.12. The van der Waals surface area contributed by atoms with Gasteiger partial charge >= 0.3 is 11.8 Å². The molecule has 2 amide bonds. The molecule has 1 aromatic heterocycles. The zero-order valence-corrected chi connectivity index (χ0v) is 16.0. The van der Waals surface area contributed by atoms with Gasteiger partial charge < -0.3 is 9.80 Å². The molecule has 2 aliphatic rings. The zero-order valence-electron chi connectivity index (χ0n) is 14.3. The normalized spacial score (nSPS) is 22.4. The Morgan fingerprint density at radius 2 is 2.20 bits per heavy atom. The van der Waals surface area contributed by atoms with E-state index in [1.54, 1.807) is 6.92 Å². The van der Waals surface area contributed by atoms with Crippen molar-refractivity contribution in [2.24, 2.45) is 0 Å². The summed E-state index contributed by atoms with van der Waals surface area (Å²) in [6.45, 7) is 3.75. The molecule has 0 spiro atoms. The number of hydrogen-bond acceptors (Lipinski definition) is 7. The van der Waals surface area contributed by atoms with Crippen molar-refractivity contribution in [1.82, 2.24) is 14.8 Å². The first-order chi connectivity index (χ1) is 11.8. The molecular weight excluding hydrogens is 364 g/mol. The van der Waals surface area contributed by atoms with Gasteiger partial charge in [0.05, 0.1) is 17.2 Å². The van der Waals surface area contributed by atoms with Crippen molar-refractivity contribution >= 4 is 38.1 Å². The third-order valence-electron chi connectivity index (χ3n) is 4.59. The van der Waals surface area contributed by atoms with E-state index in [1.807, 2.05) is 7.05 Å². The van der Waals surface area contributed by atoms with E-state index < -0.39 is 27.7 Å². The van der Waals surface area contributed by atoms with Crippen LogP contribution >= 0.6 is 11.3 Å². The number of carbonyl (C=O) groups is 2. The maximum Gasteiger partial charge on any atom is 0.315 e. The van der Waals surface area contributed by atoms with Gasteiger partial charge in [-0.3, -0.25) is 14.9 Å². The number of thiazole rings is 1.